The van der Waals surface area contributed by atoms with E-state index in [0.29, 0.717) is 12.8 Å². The number of carboxylic acid groups (broad SMARTS) is 2. The average molecular weight is 551 g/mol. The lowest BCUT2D eigenvalue weighted by atomic mass is 9.78. The lowest BCUT2D eigenvalue weighted by molar-refractivity contribution is -0.149. The molecule has 0 radical (unpaired) electrons. The number of primary amides is 1. The molecule has 12 nitrogen and oxygen atoms in total. The Morgan fingerprint density at radius 3 is 2.05 bits per heavy atom. The number of hydrogen-bond donors (Lipinski definition) is 6. The number of rotatable bonds is 13. The number of aliphatic carboxylic acids is 2. The van der Waals surface area contributed by atoms with Crippen LogP contribution in [0.3, 0.4) is 0 Å². The topological polar surface area (TPSA) is 205 Å². The first-order valence-electron chi connectivity index (χ1n) is 12.7. The highest BCUT2D eigenvalue weighted by Gasteiger charge is 2.39. The molecule has 0 bridgehead atoms. The van der Waals surface area contributed by atoms with E-state index in [4.69, 9.17) is 5.73 Å². The zero-order chi connectivity index (χ0) is 29.3. The third-order valence-electron chi connectivity index (χ3n) is 6.56. The fraction of sp³-hybridized carbons (Fsp3) is 0.538. The second kappa shape index (κ2) is 14.2. The highest BCUT2D eigenvalue weighted by molar-refractivity contribution is 5.96. The van der Waals surface area contributed by atoms with Crippen LogP contribution in [0.1, 0.15) is 64.0 Å². The summed E-state index contributed by atoms with van der Waals surface area (Å²) in [5.41, 5.74) is 5.08. The molecule has 2 rings (SSSR count). The maximum Gasteiger partial charge on any atom is 0.307 e. The molecule has 5 atom stereocenters. The van der Waals surface area contributed by atoms with Gasteiger partial charge in [-0.1, -0.05) is 44.9 Å². The van der Waals surface area contributed by atoms with Gasteiger partial charge in [0.15, 0.2) is 0 Å². The van der Waals surface area contributed by atoms with Crippen molar-refractivity contribution in [3.05, 3.63) is 35.6 Å². The van der Waals surface area contributed by atoms with Crippen LogP contribution in [-0.4, -0.2) is 57.9 Å². The number of nitrogens with one attached hydrogen (secondary N) is 3. The van der Waals surface area contributed by atoms with Crippen LogP contribution in [0.2, 0.25) is 0 Å². The summed E-state index contributed by atoms with van der Waals surface area (Å²) in [6, 6.07) is 0.513. The van der Waals surface area contributed by atoms with Crippen molar-refractivity contribution in [2.75, 3.05) is 0 Å². The number of carboxylic acids is 2. The molecule has 1 aromatic carbocycles. The van der Waals surface area contributed by atoms with Crippen LogP contribution in [0.4, 0.5) is 4.39 Å². The van der Waals surface area contributed by atoms with Gasteiger partial charge in [-0.05, 0) is 31.2 Å². The monoisotopic (exact) mass is 550 g/mol. The molecule has 1 saturated carbocycles. The smallest absolute Gasteiger partial charge is 0.307 e. The summed E-state index contributed by atoms with van der Waals surface area (Å²) in [5, 5.41) is 25.8. The van der Waals surface area contributed by atoms with Gasteiger partial charge in [-0.2, -0.15) is 0 Å². The molecule has 4 amide bonds. The third-order valence-corrected chi connectivity index (χ3v) is 6.56. The molecule has 0 spiro atoms. The fourth-order valence-electron chi connectivity index (χ4n) is 4.61. The Hall–Kier alpha value is -4.03. The molecule has 7 N–H and O–H groups in total. The van der Waals surface area contributed by atoms with Crippen molar-refractivity contribution in [1.82, 2.24) is 16.0 Å². The largest absolute Gasteiger partial charge is 0.481 e. The standard InChI is InChI=1S/C26H35FN4O8/c1-13(2)11-18(22(28)34)29-24(36)19(12-20(32)33)30-25(37)21(16-9-5-6-10-17(16)27)31-23(35)14-7-3-4-8-15(14)26(38)39/h5-6,9-10,13-15,18-19,21H,3-4,7-8,11-12H2,1-2H3,(H2,28,34)(H,29,36)(H,30,37)(H,31,35)(H,32,33)(H,38,39)/t14-,15-,18+,19+,21+/m1/s1. The van der Waals surface area contributed by atoms with Gasteiger partial charge in [0.2, 0.25) is 23.6 Å². The fourth-order valence-corrected chi connectivity index (χ4v) is 4.61. The quantitative estimate of drug-likeness (QED) is 0.207. The van der Waals surface area contributed by atoms with Crippen molar-refractivity contribution in [1.29, 1.82) is 0 Å². The predicted octanol–water partition coefficient (Wildman–Crippen LogP) is 0.850. The van der Waals surface area contributed by atoms with E-state index in [9.17, 15) is 43.4 Å². The van der Waals surface area contributed by atoms with E-state index in [-0.39, 0.29) is 30.7 Å². The summed E-state index contributed by atoms with van der Waals surface area (Å²) in [7, 11) is 0. The summed E-state index contributed by atoms with van der Waals surface area (Å²) < 4.78 is 14.7. The highest BCUT2D eigenvalue weighted by Crippen LogP contribution is 2.31. The van der Waals surface area contributed by atoms with E-state index in [0.717, 1.165) is 6.07 Å². The number of benzene rings is 1. The first-order valence-corrected chi connectivity index (χ1v) is 12.7. The molecule has 1 aliphatic carbocycles. The lowest BCUT2D eigenvalue weighted by Crippen LogP contribution is -2.55. The summed E-state index contributed by atoms with van der Waals surface area (Å²) in [6.45, 7) is 3.56. The first-order chi connectivity index (χ1) is 18.3. The highest BCUT2D eigenvalue weighted by atomic mass is 19.1. The molecule has 0 aliphatic heterocycles. The summed E-state index contributed by atoms with van der Waals surface area (Å²) in [6.07, 6.45) is 1.01. The van der Waals surface area contributed by atoms with Crippen LogP contribution >= 0.6 is 0 Å². The van der Waals surface area contributed by atoms with E-state index in [2.05, 4.69) is 16.0 Å². The molecule has 1 aromatic rings. The Kier molecular flexibility index (Phi) is 11.4. The molecule has 214 valence electrons. The van der Waals surface area contributed by atoms with Gasteiger partial charge in [-0.15, -0.1) is 0 Å². The number of halogens is 1. The van der Waals surface area contributed by atoms with Gasteiger partial charge in [0.05, 0.1) is 18.3 Å². The molecule has 0 heterocycles. The average Bonchev–Trinajstić information content (AvgIpc) is 2.86. The number of hydrogen-bond acceptors (Lipinski definition) is 6. The van der Waals surface area contributed by atoms with Crippen LogP contribution in [0.5, 0.6) is 0 Å². The SMILES string of the molecule is CC(C)C[C@H](NC(=O)[C@H](CC(=O)O)NC(=O)[C@@H](NC(=O)[C@@H]1CCCC[C@H]1C(=O)O)c1ccccc1F)C(N)=O. The second-order valence-corrected chi connectivity index (χ2v) is 10.1. The Bertz CT molecular complexity index is 1100. The molecule has 13 heteroatoms. The maximum absolute atomic E-state index is 14.7. The molecule has 1 fully saturated rings. The predicted molar refractivity (Wildman–Crippen MR) is 135 cm³/mol. The molecular weight excluding hydrogens is 515 g/mol. The molecule has 0 aromatic heterocycles. The minimum atomic E-state index is -1.71. The van der Waals surface area contributed by atoms with Crippen LogP contribution in [0, 0.1) is 23.6 Å². The van der Waals surface area contributed by atoms with Gasteiger partial charge in [-0.25, -0.2) is 4.39 Å². The van der Waals surface area contributed by atoms with Crippen LogP contribution in [0.25, 0.3) is 0 Å². The summed E-state index contributed by atoms with van der Waals surface area (Å²) in [4.78, 5) is 74.3. The Morgan fingerprint density at radius 1 is 0.923 bits per heavy atom. The number of carbonyl (C=O) groups excluding carboxylic acids is 4. The third kappa shape index (κ3) is 9.04. The number of amides is 4. The first kappa shape index (κ1) is 31.2. The van der Waals surface area contributed by atoms with E-state index in [1.165, 1.54) is 18.2 Å². The van der Waals surface area contributed by atoms with E-state index >= 15 is 0 Å². The minimum absolute atomic E-state index is 0.0506. The molecule has 39 heavy (non-hydrogen) atoms. The van der Waals surface area contributed by atoms with E-state index < -0.39 is 77.8 Å². The summed E-state index contributed by atoms with van der Waals surface area (Å²) in [5.74, 6) is -9.22. The lowest BCUT2D eigenvalue weighted by Gasteiger charge is -2.30. The Labute approximate surface area is 224 Å². The molecular formula is C26H35FN4O8. The number of carbonyl (C=O) groups is 6. The molecule has 0 saturated heterocycles. The van der Waals surface area contributed by atoms with Gasteiger partial charge in [0.25, 0.3) is 0 Å². The van der Waals surface area contributed by atoms with Gasteiger partial charge in [-0.3, -0.25) is 28.8 Å². The van der Waals surface area contributed by atoms with Gasteiger partial charge in [0.1, 0.15) is 23.9 Å². The van der Waals surface area contributed by atoms with Gasteiger partial charge in [0, 0.05) is 5.56 Å². The van der Waals surface area contributed by atoms with Crippen LogP contribution in [-0.2, 0) is 28.8 Å². The normalized spacial score (nSPS) is 19.3. The molecule has 0 unspecified atom stereocenters. The van der Waals surface area contributed by atoms with Crippen molar-refractivity contribution in [3.63, 3.8) is 0 Å². The Morgan fingerprint density at radius 2 is 1.51 bits per heavy atom. The van der Waals surface area contributed by atoms with Crippen LogP contribution < -0.4 is 21.7 Å². The van der Waals surface area contributed by atoms with Crippen LogP contribution in [0.15, 0.2) is 24.3 Å². The summed E-state index contributed by atoms with van der Waals surface area (Å²) >= 11 is 0. The van der Waals surface area contributed by atoms with Crippen molar-refractivity contribution in [2.24, 2.45) is 23.5 Å². The molecule has 1 aliphatic rings. The second-order valence-electron chi connectivity index (χ2n) is 10.1. The van der Waals surface area contributed by atoms with Gasteiger partial charge < -0.3 is 31.9 Å². The van der Waals surface area contributed by atoms with Gasteiger partial charge >= 0.3 is 11.9 Å². The van der Waals surface area contributed by atoms with E-state index in [1.54, 1.807) is 13.8 Å². The van der Waals surface area contributed by atoms with E-state index in [1.807, 2.05) is 0 Å². The zero-order valence-electron chi connectivity index (χ0n) is 21.8. The Balaban J connectivity index is 2.34. The maximum atomic E-state index is 14.7. The van der Waals surface area contributed by atoms with Crippen molar-refractivity contribution < 1.29 is 43.4 Å². The van der Waals surface area contributed by atoms with Crippen molar-refractivity contribution in [3.8, 4) is 0 Å². The number of nitrogens with two attached hydrogens (primary N) is 1. The zero-order valence-corrected chi connectivity index (χ0v) is 21.8. The minimum Gasteiger partial charge on any atom is -0.481 e. The van der Waals surface area contributed by atoms with Crippen molar-refractivity contribution in [2.45, 2.75) is 70.5 Å². The van der Waals surface area contributed by atoms with Crippen molar-refractivity contribution >= 4 is 35.6 Å².